The molecule has 0 N–H and O–H groups in total. The minimum Gasteiger partial charge on any atom is -0.381 e. The van der Waals surface area contributed by atoms with Crippen LogP contribution >= 0.6 is 0 Å². The highest BCUT2D eigenvalue weighted by molar-refractivity contribution is 6.33. The average molecular weight is 518 g/mol. The molecule has 5 heteroatoms. The molecule has 0 amide bonds. The second-order valence-corrected chi connectivity index (χ2v) is 11.8. The number of rotatable bonds is 2. The Morgan fingerprint density at radius 3 is 2.49 bits per heavy atom. The molecule has 2 aromatic rings. The molecule has 0 unspecified atom stereocenters. The van der Waals surface area contributed by atoms with E-state index in [4.69, 9.17) is 4.74 Å². The SMILES string of the molecule is CC#Cc1cc2c(cc1N1CCC(N3CCCC3)CC1)C1(CCOCC1)C1=C(C2=O)c2ccc(C#N)cc2C1. The number of nitrogens with zero attached hydrogens (tertiary/aromatic N) is 3. The van der Waals surface area contributed by atoms with Crippen LogP contribution in [0.1, 0.15) is 83.6 Å². The maximum atomic E-state index is 14.3. The summed E-state index contributed by atoms with van der Waals surface area (Å²) in [4.78, 5) is 19.5. The van der Waals surface area contributed by atoms with Crippen molar-refractivity contribution in [1.29, 1.82) is 5.26 Å². The maximum Gasteiger partial charge on any atom is 0.193 e. The smallest absolute Gasteiger partial charge is 0.193 e. The number of Topliss-reactive ketones (excluding diaryl/α,β-unsaturated/α-hetero) is 1. The number of piperidine rings is 1. The molecule has 2 aliphatic carbocycles. The predicted molar refractivity (Wildman–Crippen MR) is 153 cm³/mol. The van der Waals surface area contributed by atoms with Gasteiger partial charge in [0.05, 0.1) is 17.3 Å². The molecule has 39 heavy (non-hydrogen) atoms. The van der Waals surface area contributed by atoms with Gasteiger partial charge in [0.25, 0.3) is 0 Å². The van der Waals surface area contributed by atoms with Crippen LogP contribution in [0.15, 0.2) is 35.9 Å². The van der Waals surface area contributed by atoms with E-state index < -0.39 is 0 Å². The van der Waals surface area contributed by atoms with Crippen LogP contribution < -0.4 is 4.90 Å². The van der Waals surface area contributed by atoms with E-state index in [9.17, 15) is 10.1 Å². The summed E-state index contributed by atoms with van der Waals surface area (Å²) in [7, 11) is 0. The van der Waals surface area contributed by atoms with E-state index in [0.717, 1.165) is 60.2 Å². The number of fused-ring (bicyclic) bond motifs is 5. The van der Waals surface area contributed by atoms with Crippen molar-refractivity contribution in [3.8, 4) is 17.9 Å². The third-order valence-electron chi connectivity index (χ3n) is 9.94. The van der Waals surface area contributed by atoms with Gasteiger partial charge >= 0.3 is 0 Å². The Morgan fingerprint density at radius 1 is 1.00 bits per heavy atom. The Kier molecular flexibility index (Phi) is 6.11. The molecule has 0 saturated carbocycles. The Morgan fingerprint density at radius 2 is 1.77 bits per heavy atom. The molecule has 0 aromatic heterocycles. The lowest BCUT2D eigenvalue weighted by Gasteiger charge is -2.44. The predicted octanol–water partition coefficient (Wildman–Crippen LogP) is 5.25. The number of ether oxygens (including phenoxy) is 1. The van der Waals surface area contributed by atoms with Gasteiger partial charge in [-0.1, -0.05) is 12.0 Å². The number of likely N-dealkylation sites (tertiary alicyclic amines) is 1. The zero-order valence-corrected chi connectivity index (χ0v) is 22.8. The van der Waals surface area contributed by atoms with Crippen LogP contribution in [0.5, 0.6) is 0 Å². The fourth-order valence-electron chi connectivity index (χ4n) is 8.00. The molecule has 3 fully saturated rings. The van der Waals surface area contributed by atoms with Gasteiger partial charge in [0.15, 0.2) is 5.78 Å². The van der Waals surface area contributed by atoms with Gasteiger partial charge in [0, 0.05) is 54.5 Å². The summed E-state index contributed by atoms with van der Waals surface area (Å²) in [6.45, 7) is 7.81. The van der Waals surface area contributed by atoms with Crippen LogP contribution in [0.2, 0.25) is 0 Å². The van der Waals surface area contributed by atoms with Crippen molar-refractivity contribution in [1.82, 2.24) is 4.90 Å². The normalized spacial score (nSPS) is 22.3. The van der Waals surface area contributed by atoms with Crippen molar-refractivity contribution >= 4 is 17.0 Å². The van der Waals surface area contributed by atoms with Gasteiger partial charge in [-0.25, -0.2) is 0 Å². The second-order valence-electron chi connectivity index (χ2n) is 11.8. The van der Waals surface area contributed by atoms with Crippen LogP contribution in [-0.4, -0.2) is 56.1 Å². The van der Waals surface area contributed by atoms with Gasteiger partial charge in [-0.15, -0.1) is 5.92 Å². The highest BCUT2D eigenvalue weighted by Gasteiger charge is 2.49. The lowest BCUT2D eigenvalue weighted by atomic mass is 9.62. The molecule has 3 heterocycles. The molecular weight excluding hydrogens is 482 g/mol. The standard InChI is InChI=1S/C34H35N3O2/c1-2-5-24-19-28-29(21-31(24)37-14-8-26(9-15-37)36-12-3-4-13-36)34(10-16-39-17-11-34)30-20-25-18-23(22-35)6-7-27(25)32(30)33(28)38/h6-7,18-19,21,26H,3-4,8-17,20H2,1H3. The van der Waals surface area contributed by atoms with E-state index in [1.165, 1.54) is 55.6 Å². The summed E-state index contributed by atoms with van der Waals surface area (Å²) in [5.74, 6) is 6.60. The third-order valence-corrected chi connectivity index (χ3v) is 9.94. The fourth-order valence-corrected chi connectivity index (χ4v) is 8.00. The molecule has 2 aromatic carbocycles. The van der Waals surface area contributed by atoms with Crippen LogP contribution in [0.3, 0.4) is 0 Å². The summed E-state index contributed by atoms with van der Waals surface area (Å²) in [5.41, 5.74) is 8.76. The van der Waals surface area contributed by atoms with Gasteiger partial charge in [0.2, 0.25) is 0 Å². The molecule has 3 aliphatic heterocycles. The summed E-state index contributed by atoms with van der Waals surface area (Å²) < 4.78 is 5.88. The number of ketones is 1. The number of nitriles is 1. The second kappa shape index (κ2) is 9.67. The van der Waals surface area contributed by atoms with E-state index in [2.05, 4.69) is 39.8 Å². The number of benzene rings is 2. The summed E-state index contributed by atoms with van der Waals surface area (Å²) in [6.07, 6.45) is 7.51. The molecular formula is C34H35N3O2. The van der Waals surface area contributed by atoms with Gasteiger partial charge < -0.3 is 14.5 Å². The first kappa shape index (κ1) is 24.6. The summed E-state index contributed by atoms with van der Waals surface area (Å²) in [5, 5.41) is 9.51. The van der Waals surface area contributed by atoms with Crippen molar-refractivity contribution < 1.29 is 9.53 Å². The number of hydrogen-bond acceptors (Lipinski definition) is 5. The van der Waals surface area contributed by atoms with Gasteiger partial charge in [-0.05, 0) is 111 Å². The van der Waals surface area contributed by atoms with E-state index in [0.29, 0.717) is 24.8 Å². The Labute approximate surface area is 231 Å². The minimum atomic E-state index is -0.219. The first-order valence-electron chi connectivity index (χ1n) is 14.6. The summed E-state index contributed by atoms with van der Waals surface area (Å²) in [6, 6.07) is 13.2. The number of hydrogen-bond donors (Lipinski definition) is 0. The molecule has 5 nitrogen and oxygen atoms in total. The van der Waals surface area contributed by atoms with Gasteiger partial charge in [0.1, 0.15) is 0 Å². The molecule has 198 valence electrons. The zero-order valence-electron chi connectivity index (χ0n) is 22.8. The lowest BCUT2D eigenvalue weighted by Crippen LogP contribution is -2.44. The van der Waals surface area contributed by atoms with E-state index in [-0.39, 0.29) is 11.2 Å². The largest absolute Gasteiger partial charge is 0.381 e. The summed E-state index contributed by atoms with van der Waals surface area (Å²) >= 11 is 0. The monoisotopic (exact) mass is 517 g/mol. The molecule has 0 atom stereocenters. The minimum absolute atomic E-state index is 0.110. The quantitative estimate of drug-likeness (QED) is 0.510. The van der Waals surface area contributed by atoms with E-state index >= 15 is 0 Å². The Hall–Kier alpha value is -3.38. The molecule has 3 saturated heterocycles. The number of allylic oxidation sites excluding steroid dienone is 2. The van der Waals surface area contributed by atoms with Crippen molar-refractivity contribution in [2.45, 2.75) is 63.3 Å². The third kappa shape index (κ3) is 3.87. The van der Waals surface area contributed by atoms with Crippen molar-refractivity contribution in [3.63, 3.8) is 0 Å². The average Bonchev–Trinajstić information content (AvgIpc) is 3.65. The van der Waals surface area contributed by atoms with Crippen LogP contribution in [0.4, 0.5) is 5.69 Å². The maximum absolute atomic E-state index is 14.3. The van der Waals surface area contributed by atoms with Crippen LogP contribution in [-0.2, 0) is 16.6 Å². The Balaban J connectivity index is 1.32. The zero-order chi connectivity index (χ0) is 26.6. The van der Waals surface area contributed by atoms with Gasteiger partial charge in [-0.2, -0.15) is 5.26 Å². The molecule has 0 bridgehead atoms. The molecule has 5 aliphatic rings. The highest BCUT2D eigenvalue weighted by atomic mass is 16.5. The topological polar surface area (TPSA) is 56.6 Å². The first-order chi connectivity index (χ1) is 19.1. The van der Waals surface area contributed by atoms with Crippen LogP contribution in [0.25, 0.3) is 5.57 Å². The fraction of sp³-hybridized carbons (Fsp3) is 0.471. The molecule has 7 rings (SSSR count). The number of carbonyl (C=O) groups is 1. The number of carbonyl (C=O) groups excluding carboxylic acids is 1. The first-order valence-corrected chi connectivity index (χ1v) is 14.6. The lowest BCUT2D eigenvalue weighted by molar-refractivity contribution is 0.0603. The van der Waals surface area contributed by atoms with Crippen molar-refractivity contribution in [2.24, 2.45) is 0 Å². The van der Waals surface area contributed by atoms with E-state index in [1.54, 1.807) is 0 Å². The van der Waals surface area contributed by atoms with Gasteiger partial charge in [-0.3, -0.25) is 4.79 Å². The molecule has 1 spiro atoms. The highest BCUT2D eigenvalue weighted by Crippen LogP contribution is 2.55. The Bertz CT molecular complexity index is 1480. The van der Waals surface area contributed by atoms with Crippen LogP contribution in [0, 0.1) is 23.2 Å². The van der Waals surface area contributed by atoms with Crippen molar-refractivity contribution in [3.05, 3.63) is 69.3 Å². The number of anilines is 1. The van der Waals surface area contributed by atoms with Crippen molar-refractivity contribution in [2.75, 3.05) is 44.3 Å². The van der Waals surface area contributed by atoms with E-state index in [1.807, 2.05) is 25.1 Å². The molecule has 0 radical (unpaired) electrons.